The number of amides is 1. The van der Waals surface area contributed by atoms with Gasteiger partial charge in [0.1, 0.15) is 0 Å². The van der Waals surface area contributed by atoms with E-state index >= 15 is 0 Å². The van der Waals surface area contributed by atoms with Crippen LogP contribution < -0.4 is 0 Å². The Hall–Kier alpha value is -0.240. The first-order chi connectivity index (χ1) is 5.45. The molecule has 0 aromatic heterocycles. The van der Waals surface area contributed by atoms with Gasteiger partial charge in [0.05, 0.1) is 0 Å². The first-order valence-electron chi connectivity index (χ1n) is 4.36. The number of hydrogen-bond donors (Lipinski definition) is 0. The van der Waals surface area contributed by atoms with E-state index in [0.29, 0.717) is 5.41 Å². The van der Waals surface area contributed by atoms with Gasteiger partial charge in [-0.25, -0.2) is 0 Å². The van der Waals surface area contributed by atoms with E-state index in [-0.39, 0.29) is 10.8 Å². The second kappa shape index (κ2) is 2.16. The van der Waals surface area contributed by atoms with Gasteiger partial charge < -0.3 is 4.90 Å². The fourth-order valence-electron chi connectivity index (χ4n) is 2.64. The lowest BCUT2D eigenvalue weighted by Crippen LogP contribution is -2.67. The van der Waals surface area contributed by atoms with Gasteiger partial charge in [-0.05, 0) is 24.7 Å². The van der Waals surface area contributed by atoms with Gasteiger partial charge in [0.2, 0.25) is 5.91 Å². The van der Waals surface area contributed by atoms with Gasteiger partial charge in [0.15, 0.2) is 0 Å². The van der Waals surface area contributed by atoms with Crippen LogP contribution in [0.25, 0.3) is 0 Å². The Balaban J connectivity index is 1.86. The van der Waals surface area contributed by atoms with Crippen molar-refractivity contribution in [2.24, 2.45) is 5.41 Å². The van der Waals surface area contributed by atoms with Crippen molar-refractivity contribution >= 4 is 17.5 Å². The summed E-state index contributed by atoms with van der Waals surface area (Å²) in [5.74, 6) is 0.156. The van der Waals surface area contributed by atoms with Crippen molar-refractivity contribution in [3.05, 3.63) is 0 Å². The smallest absolute Gasteiger partial charge is 0.219 e. The van der Waals surface area contributed by atoms with Gasteiger partial charge in [0.25, 0.3) is 0 Å². The molecule has 68 valence electrons. The summed E-state index contributed by atoms with van der Waals surface area (Å²) in [6.07, 6.45) is 3.33. The van der Waals surface area contributed by atoms with E-state index in [0.717, 1.165) is 25.8 Å². The summed E-state index contributed by atoms with van der Waals surface area (Å²) in [4.78, 5) is 12.9. The lowest BCUT2D eigenvalue weighted by Gasteiger charge is -2.68. The molecule has 0 aromatic rings. The average Bonchev–Trinajstić information content (AvgIpc) is 1.81. The van der Waals surface area contributed by atoms with Gasteiger partial charge in [-0.15, -0.1) is 11.6 Å². The topological polar surface area (TPSA) is 20.3 Å². The molecule has 12 heavy (non-hydrogen) atoms. The highest BCUT2D eigenvalue weighted by Gasteiger charge is 2.67. The monoisotopic (exact) mass is 187 g/mol. The van der Waals surface area contributed by atoms with Crippen LogP contribution in [0.15, 0.2) is 0 Å². The van der Waals surface area contributed by atoms with Crippen molar-refractivity contribution in [1.82, 2.24) is 4.90 Å². The second-order valence-corrected chi connectivity index (χ2v) is 5.36. The molecule has 0 heterocycles. The second-order valence-electron chi connectivity index (χ2n) is 4.56. The summed E-state index contributed by atoms with van der Waals surface area (Å²) in [5, 5.41) is 0. The van der Waals surface area contributed by atoms with Crippen LogP contribution in [0.5, 0.6) is 0 Å². The summed E-state index contributed by atoms with van der Waals surface area (Å²) in [6.45, 7) is 2.51. The van der Waals surface area contributed by atoms with E-state index in [2.05, 4.69) is 0 Å². The fourth-order valence-corrected chi connectivity index (χ4v) is 3.49. The van der Waals surface area contributed by atoms with Gasteiger partial charge in [0, 0.05) is 25.4 Å². The SMILES string of the molecule is CC(=O)N(C)CC12CC(Cl)(C1)C2. The Morgan fingerprint density at radius 3 is 2.33 bits per heavy atom. The zero-order valence-electron chi connectivity index (χ0n) is 7.56. The van der Waals surface area contributed by atoms with Crippen LogP contribution >= 0.6 is 11.6 Å². The molecule has 3 heteroatoms. The fraction of sp³-hybridized carbons (Fsp3) is 0.889. The van der Waals surface area contributed by atoms with Crippen LogP contribution in [0.3, 0.4) is 0 Å². The summed E-state index contributed by atoms with van der Waals surface area (Å²) in [5.41, 5.74) is 0.405. The molecular formula is C9H14ClNO. The Morgan fingerprint density at radius 1 is 1.50 bits per heavy atom. The third-order valence-electron chi connectivity index (χ3n) is 3.19. The van der Waals surface area contributed by atoms with E-state index in [1.54, 1.807) is 11.8 Å². The Labute approximate surface area is 77.9 Å². The first kappa shape index (κ1) is 8.36. The molecule has 3 saturated carbocycles. The minimum Gasteiger partial charge on any atom is -0.345 e. The molecule has 3 aliphatic carbocycles. The lowest BCUT2D eigenvalue weighted by atomic mass is 9.43. The Bertz CT molecular complexity index is 219. The van der Waals surface area contributed by atoms with Crippen LogP contribution in [-0.2, 0) is 4.79 Å². The van der Waals surface area contributed by atoms with Gasteiger partial charge in [-0.3, -0.25) is 4.79 Å². The molecule has 0 aliphatic heterocycles. The number of nitrogens with zero attached hydrogens (tertiary/aromatic N) is 1. The number of alkyl halides is 1. The van der Waals surface area contributed by atoms with Crippen molar-refractivity contribution in [1.29, 1.82) is 0 Å². The molecular weight excluding hydrogens is 174 g/mol. The average molecular weight is 188 g/mol. The summed E-state index contributed by atoms with van der Waals surface area (Å²) < 4.78 is 0. The molecule has 0 saturated heterocycles. The molecule has 0 unspecified atom stereocenters. The van der Waals surface area contributed by atoms with Crippen molar-refractivity contribution in [2.75, 3.05) is 13.6 Å². The molecule has 1 amide bonds. The maximum Gasteiger partial charge on any atom is 0.219 e. The largest absolute Gasteiger partial charge is 0.345 e. The van der Waals surface area contributed by atoms with Crippen LogP contribution in [0.1, 0.15) is 26.2 Å². The lowest BCUT2D eigenvalue weighted by molar-refractivity contribution is -0.139. The zero-order valence-corrected chi connectivity index (χ0v) is 8.32. The Kier molecular flexibility index (Phi) is 1.51. The molecule has 2 bridgehead atoms. The summed E-state index contributed by atoms with van der Waals surface area (Å²) in [7, 11) is 1.86. The molecule has 0 atom stereocenters. The van der Waals surface area contributed by atoms with Crippen molar-refractivity contribution < 1.29 is 4.79 Å². The molecule has 0 radical (unpaired) electrons. The maximum atomic E-state index is 11.0. The minimum atomic E-state index is 0.137. The third-order valence-corrected chi connectivity index (χ3v) is 3.59. The number of rotatable bonds is 2. The van der Waals surface area contributed by atoms with E-state index in [1.165, 1.54) is 0 Å². The van der Waals surface area contributed by atoms with E-state index in [9.17, 15) is 4.79 Å². The van der Waals surface area contributed by atoms with Crippen LogP contribution in [0.2, 0.25) is 0 Å². The number of carbonyl (C=O) groups excluding carboxylic acids is 1. The van der Waals surface area contributed by atoms with Crippen LogP contribution in [0.4, 0.5) is 0 Å². The van der Waals surface area contributed by atoms with Crippen molar-refractivity contribution in [3.63, 3.8) is 0 Å². The number of carbonyl (C=O) groups is 1. The first-order valence-corrected chi connectivity index (χ1v) is 4.73. The highest BCUT2D eigenvalue weighted by atomic mass is 35.5. The normalized spacial score (nSPS) is 42.9. The van der Waals surface area contributed by atoms with Gasteiger partial charge >= 0.3 is 0 Å². The standard InChI is InChI=1S/C9H14ClNO/c1-7(12)11(2)6-8-3-9(10,4-8)5-8/h3-6H2,1-2H3. The highest BCUT2D eigenvalue weighted by molar-refractivity contribution is 6.26. The molecule has 2 nitrogen and oxygen atoms in total. The minimum absolute atomic E-state index is 0.137. The number of halogens is 1. The van der Waals surface area contributed by atoms with Gasteiger partial charge in [-0.1, -0.05) is 0 Å². The molecule has 0 aromatic carbocycles. The van der Waals surface area contributed by atoms with E-state index < -0.39 is 0 Å². The van der Waals surface area contributed by atoms with E-state index in [1.807, 2.05) is 7.05 Å². The predicted octanol–water partition coefficient (Wildman–Crippen LogP) is 1.63. The summed E-state index contributed by atoms with van der Waals surface area (Å²) in [6, 6.07) is 0. The zero-order chi connectivity index (χ0) is 8.98. The highest BCUT2D eigenvalue weighted by Crippen LogP contribution is 2.70. The van der Waals surface area contributed by atoms with E-state index in [4.69, 9.17) is 11.6 Å². The van der Waals surface area contributed by atoms with Crippen molar-refractivity contribution in [3.8, 4) is 0 Å². The van der Waals surface area contributed by atoms with Crippen LogP contribution in [-0.4, -0.2) is 29.3 Å². The van der Waals surface area contributed by atoms with Gasteiger partial charge in [-0.2, -0.15) is 0 Å². The molecule has 3 rings (SSSR count). The number of hydrogen-bond acceptors (Lipinski definition) is 1. The van der Waals surface area contributed by atoms with Crippen LogP contribution in [0, 0.1) is 5.41 Å². The third kappa shape index (κ3) is 1.05. The summed E-state index contributed by atoms with van der Waals surface area (Å²) >= 11 is 6.12. The molecule has 0 N–H and O–H groups in total. The quantitative estimate of drug-likeness (QED) is 0.602. The molecule has 0 spiro atoms. The predicted molar refractivity (Wildman–Crippen MR) is 48.2 cm³/mol. The van der Waals surface area contributed by atoms with Crippen molar-refractivity contribution in [2.45, 2.75) is 31.1 Å². The molecule has 3 fully saturated rings. The molecule has 3 aliphatic rings. The maximum absolute atomic E-state index is 11.0. The Morgan fingerprint density at radius 2 is 2.00 bits per heavy atom.